The standard InChI is InChI=1S/C14H20N2O5.C11H16N2O5.C10H13IN2O5.C10H14N2O6.C10H12N2O5/c1-5-8-10-11(21-13(2,3)20-10)14(4,19-8)16-7-6-9(17)15-12(16)18;1-3-6-8(15)9(16)11(2,18-6)13-5-4-7(14)12-10(13)17;1-10(8(16)7(15)5(4-11)18-10)13-3-2-6(14)12-9(13)17;1-10(8(16)7(15)5(4-13)18-10)12-3-2-6(14)11-9(12)17;1-5-7(14)8(15)10(2,17-5)12-4-3-6(13)11-9(12)16/h6-8,10-11H,5H2,1-4H3,(H,15,17,18);4-6,8-9,15-16H,3H2,1-2H3,(H,12,14,17);2-3,5,7-8,15-16H,4H2,1H3,(H,12,14,17);2-3,5,7-8,13,15-16H,4H2,1H3,(H,11,14,17);3-4,7-8,14-15H,1H2,2H3,(H,11,13,16)/t8-,10-,11-,14-;6-,8-,9-,11-;2*5-,7-,8-,10-;7-,8-,10-/m11111/s1. The second-order valence-electron chi connectivity index (χ2n) is 23.2. The molecule has 11 rings (SSSR count). The summed E-state index contributed by atoms with van der Waals surface area (Å²) in [4.78, 5) is 124. The summed E-state index contributed by atoms with van der Waals surface area (Å²) in [7, 11) is 0. The number of halogens is 1. The topological polar surface area (TPSA) is 521 Å². The first-order valence-corrected chi connectivity index (χ1v) is 30.0. The molecular formula is C55H75IN10O26. The molecule has 6 aliphatic heterocycles. The average molecular weight is 1420 g/mol. The van der Waals surface area contributed by atoms with Gasteiger partial charge in [0.1, 0.15) is 72.9 Å². The number of nitrogens with zero attached hydrogens (tertiary/aromatic N) is 5. The molecule has 0 unspecified atom stereocenters. The van der Waals surface area contributed by atoms with Gasteiger partial charge < -0.3 is 79.1 Å². The number of aromatic amines is 5. The van der Waals surface area contributed by atoms with Gasteiger partial charge in [-0.2, -0.15) is 0 Å². The van der Waals surface area contributed by atoms with E-state index in [4.69, 9.17) is 38.3 Å². The van der Waals surface area contributed by atoms with Crippen LogP contribution >= 0.6 is 22.6 Å². The number of aliphatic hydroxyl groups is 9. The van der Waals surface area contributed by atoms with Crippen LogP contribution in [0.25, 0.3) is 0 Å². The summed E-state index contributed by atoms with van der Waals surface area (Å²) in [5, 5.41) is 87.7. The van der Waals surface area contributed by atoms with Crippen LogP contribution in [-0.4, -0.2) is 196 Å². The number of aliphatic hydroxyl groups excluding tert-OH is 9. The number of aromatic nitrogens is 10. The van der Waals surface area contributed by atoms with Gasteiger partial charge in [0, 0.05) is 65.7 Å². The van der Waals surface area contributed by atoms with E-state index in [9.17, 15) is 88.8 Å². The van der Waals surface area contributed by atoms with Gasteiger partial charge in [0.2, 0.25) is 5.72 Å². The molecular weight excluding hydrogens is 1340 g/mol. The van der Waals surface area contributed by atoms with Gasteiger partial charge in [-0.25, -0.2) is 24.0 Å². The molecule has 5 aromatic heterocycles. The van der Waals surface area contributed by atoms with Crippen molar-refractivity contribution in [2.75, 3.05) is 11.0 Å². The molecule has 11 heterocycles. The Morgan fingerprint density at radius 2 is 0.739 bits per heavy atom. The summed E-state index contributed by atoms with van der Waals surface area (Å²) in [6, 6.07) is 5.84. The first-order chi connectivity index (χ1) is 42.8. The van der Waals surface area contributed by atoms with Crippen molar-refractivity contribution in [1.82, 2.24) is 47.8 Å². The van der Waals surface area contributed by atoms with E-state index in [-0.39, 0.29) is 18.0 Å². The van der Waals surface area contributed by atoms with Crippen LogP contribution in [0.3, 0.4) is 0 Å². The lowest BCUT2D eigenvalue weighted by Crippen LogP contribution is -2.49. The number of hydrogen-bond donors (Lipinski definition) is 14. The van der Waals surface area contributed by atoms with Crippen LogP contribution in [-0.2, 0) is 61.8 Å². The Morgan fingerprint density at radius 3 is 1.02 bits per heavy atom. The molecule has 5 aromatic rings. The van der Waals surface area contributed by atoms with Crippen molar-refractivity contribution in [3.8, 4) is 0 Å². The van der Waals surface area contributed by atoms with E-state index < -0.39 is 171 Å². The number of ether oxygens (including phenoxy) is 7. The van der Waals surface area contributed by atoms with Gasteiger partial charge >= 0.3 is 28.4 Å². The fraction of sp³-hybridized carbons (Fsp3) is 0.600. The molecule has 6 saturated heterocycles. The van der Waals surface area contributed by atoms with Gasteiger partial charge in [-0.15, -0.1) is 0 Å². The average Bonchev–Trinajstić information content (AvgIpc) is 1.58. The first-order valence-electron chi connectivity index (χ1n) is 28.5. The smallest absolute Gasteiger partial charge is 0.331 e. The van der Waals surface area contributed by atoms with Crippen molar-refractivity contribution >= 4 is 22.6 Å². The predicted octanol–water partition coefficient (Wildman–Crippen LogP) is -6.16. The molecule has 14 N–H and O–H groups in total. The second-order valence-corrected chi connectivity index (χ2v) is 24.1. The maximum atomic E-state index is 12.1. The fourth-order valence-corrected chi connectivity index (χ4v) is 12.1. The molecule has 37 heteroatoms. The molecule has 0 aliphatic carbocycles. The van der Waals surface area contributed by atoms with Crippen LogP contribution in [0, 0.1) is 0 Å². The van der Waals surface area contributed by atoms with Gasteiger partial charge in [-0.05, 0) is 61.3 Å². The predicted molar refractivity (Wildman–Crippen MR) is 323 cm³/mol. The maximum Gasteiger partial charge on any atom is 0.331 e. The number of hydrogen-bond acceptors (Lipinski definition) is 26. The summed E-state index contributed by atoms with van der Waals surface area (Å²) in [5.74, 6) is -0.752. The van der Waals surface area contributed by atoms with Crippen molar-refractivity contribution < 1.29 is 79.1 Å². The first kappa shape index (κ1) is 72.5. The largest absolute Gasteiger partial charge is 0.467 e. The van der Waals surface area contributed by atoms with Crippen LogP contribution in [0.4, 0.5) is 0 Å². The Balaban J connectivity index is 0.000000163. The summed E-state index contributed by atoms with van der Waals surface area (Å²) in [6.07, 6.45) is -5.40. The van der Waals surface area contributed by atoms with E-state index in [1.165, 1.54) is 63.1 Å². The monoisotopic (exact) mass is 1420 g/mol. The Bertz CT molecular complexity index is 3860. The van der Waals surface area contributed by atoms with Crippen molar-refractivity contribution in [2.45, 2.75) is 195 Å². The molecule has 6 fully saturated rings. The highest BCUT2D eigenvalue weighted by atomic mass is 127. The van der Waals surface area contributed by atoms with E-state index in [2.05, 4.69) is 21.5 Å². The lowest BCUT2D eigenvalue weighted by Gasteiger charge is -2.32. The molecule has 6 aliphatic rings. The second kappa shape index (κ2) is 27.6. The summed E-state index contributed by atoms with van der Waals surface area (Å²) in [6.45, 7) is 18.0. The fourth-order valence-electron chi connectivity index (χ4n) is 11.4. The molecule has 0 radical (unpaired) electrons. The molecule has 0 saturated carbocycles. The van der Waals surface area contributed by atoms with Crippen molar-refractivity contribution in [2.24, 2.45) is 0 Å². The molecule has 19 atom stereocenters. The van der Waals surface area contributed by atoms with Gasteiger partial charge in [0.05, 0.1) is 24.9 Å². The van der Waals surface area contributed by atoms with Gasteiger partial charge in [-0.1, -0.05) is 43.0 Å². The normalized spacial score (nSPS) is 35.7. The lowest BCUT2D eigenvalue weighted by molar-refractivity contribution is -0.226. The van der Waals surface area contributed by atoms with Crippen LogP contribution in [0.15, 0.2) is 122 Å². The molecule has 0 spiro atoms. The minimum atomic E-state index is -1.55. The highest BCUT2D eigenvalue weighted by Gasteiger charge is 2.62. The van der Waals surface area contributed by atoms with Crippen molar-refractivity contribution in [1.29, 1.82) is 0 Å². The summed E-state index contributed by atoms with van der Waals surface area (Å²) >= 11 is 2.02. The van der Waals surface area contributed by atoms with Gasteiger partial charge in [-0.3, -0.25) is 71.7 Å². The molecule has 0 amide bonds. The SMILES string of the molecule is C=C1O[C@@](C)(n2ccc(=O)[nH]c2=O)[C@H](O)[C@@H]1O.CC[C@H]1O[C@@](C)(n2ccc(=O)[nH]c2=O)[C@@H]2OC(C)(C)O[C@@H]21.CC[C@H]1O[C@@](C)(n2ccc(=O)[nH]c2=O)[C@H](O)[C@@H]1O.C[C@@]1(n2ccc(=O)[nH]c2=O)O[C@H](CI)[C@@H](O)[C@H]1O.C[C@@]1(n2ccc(=O)[nH]c2=O)O[C@H](CO)[C@@H](O)[C@H]1O. The third-order valence-electron chi connectivity index (χ3n) is 16.5. The lowest BCUT2D eigenvalue weighted by atomic mass is 10.0. The van der Waals surface area contributed by atoms with Gasteiger partial charge in [0.15, 0.2) is 28.7 Å². The van der Waals surface area contributed by atoms with Crippen molar-refractivity contribution in [3.63, 3.8) is 0 Å². The Labute approximate surface area is 531 Å². The van der Waals surface area contributed by atoms with E-state index in [1.54, 1.807) is 6.92 Å². The zero-order valence-corrected chi connectivity index (χ0v) is 53.1. The van der Waals surface area contributed by atoms with Crippen LogP contribution in [0.5, 0.6) is 0 Å². The minimum Gasteiger partial charge on any atom is -0.467 e. The van der Waals surface area contributed by atoms with E-state index in [0.29, 0.717) is 10.8 Å². The molecule has 0 aromatic carbocycles. The van der Waals surface area contributed by atoms with Crippen LogP contribution in [0.2, 0.25) is 0 Å². The molecule has 508 valence electrons. The summed E-state index contributed by atoms with van der Waals surface area (Å²) < 4.78 is 45.6. The number of H-pyrrole nitrogens is 5. The highest BCUT2D eigenvalue weighted by Crippen LogP contribution is 2.47. The van der Waals surface area contributed by atoms with Crippen LogP contribution in [0.1, 0.15) is 75.2 Å². The van der Waals surface area contributed by atoms with Gasteiger partial charge in [0.25, 0.3) is 27.8 Å². The maximum absolute atomic E-state index is 12.1. The van der Waals surface area contributed by atoms with E-state index in [0.717, 1.165) is 55.2 Å². The zero-order chi connectivity index (χ0) is 68.7. The number of fused-ring (bicyclic) bond motifs is 1. The quantitative estimate of drug-likeness (QED) is 0.0482. The zero-order valence-electron chi connectivity index (χ0n) is 51.0. The van der Waals surface area contributed by atoms with E-state index >= 15 is 0 Å². The molecule has 92 heavy (non-hydrogen) atoms. The van der Waals surface area contributed by atoms with Crippen molar-refractivity contribution in [3.05, 3.63) is 178 Å². The minimum absolute atomic E-state index is 0.0295. The van der Waals surface area contributed by atoms with E-state index in [1.807, 2.05) is 60.3 Å². The Morgan fingerprint density at radius 1 is 0.435 bits per heavy atom. The molecule has 0 bridgehead atoms. The number of alkyl halides is 1. The molecule has 36 nitrogen and oxygen atoms in total. The number of nitrogens with one attached hydrogen (secondary N) is 5. The summed E-state index contributed by atoms with van der Waals surface area (Å²) in [5.41, 5.74) is -12.9. The third-order valence-corrected chi connectivity index (χ3v) is 17.4. The Hall–Kier alpha value is -6.93. The Kier molecular flexibility index (Phi) is 21.7. The number of rotatable bonds is 9. The highest BCUT2D eigenvalue weighted by molar-refractivity contribution is 14.1. The van der Waals surface area contributed by atoms with Crippen LogP contribution < -0.4 is 56.2 Å². The third kappa shape index (κ3) is 13.8.